The first-order valence-electron chi connectivity index (χ1n) is 11.5. The number of likely N-dealkylation sites (tertiary alicyclic amines) is 1. The summed E-state index contributed by atoms with van der Waals surface area (Å²) in [6.07, 6.45) is 9.29. The Hall–Kier alpha value is -2.58. The molecule has 8 heteroatoms. The second-order valence-corrected chi connectivity index (χ2v) is 9.33. The van der Waals surface area contributed by atoms with Gasteiger partial charge in [0.1, 0.15) is 4.88 Å². The van der Waals surface area contributed by atoms with Crippen LogP contribution in [0.15, 0.2) is 54.6 Å². The zero-order valence-electron chi connectivity index (χ0n) is 19.5. The van der Waals surface area contributed by atoms with Crippen molar-refractivity contribution in [2.24, 2.45) is 0 Å². The number of rotatable bonds is 12. The van der Waals surface area contributed by atoms with Crippen LogP contribution >= 0.6 is 11.3 Å². The molecule has 2 aromatic rings. The molecule has 1 aliphatic rings. The number of benzene rings is 1. The first-order valence-corrected chi connectivity index (χ1v) is 12.3. The van der Waals surface area contributed by atoms with Crippen LogP contribution in [-0.2, 0) is 17.6 Å². The van der Waals surface area contributed by atoms with Crippen molar-refractivity contribution < 1.29 is 28.6 Å². The van der Waals surface area contributed by atoms with E-state index in [1.807, 2.05) is 24.3 Å². The molecule has 5 nitrogen and oxygen atoms in total. The number of allylic oxidation sites excluding steroid dienone is 1. The van der Waals surface area contributed by atoms with E-state index in [1.54, 1.807) is 18.2 Å². The minimum Gasteiger partial charge on any atom is -0.477 e. The van der Waals surface area contributed by atoms with Crippen LogP contribution in [0.4, 0.5) is 8.78 Å². The van der Waals surface area contributed by atoms with Crippen molar-refractivity contribution in [3.05, 3.63) is 69.9 Å². The molecule has 1 amide bonds. The normalized spacial score (nSPS) is 17.1. The van der Waals surface area contributed by atoms with Gasteiger partial charge in [-0.2, -0.15) is 8.78 Å². The van der Waals surface area contributed by atoms with Gasteiger partial charge in [-0.1, -0.05) is 48.9 Å². The van der Waals surface area contributed by atoms with E-state index in [-0.39, 0.29) is 11.4 Å². The molecule has 2 N–H and O–H groups in total. The maximum absolute atomic E-state index is 14.0. The van der Waals surface area contributed by atoms with E-state index in [2.05, 4.69) is 12.1 Å². The summed E-state index contributed by atoms with van der Waals surface area (Å²) in [6.45, 7) is 0.237. The first kappa shape index (κ1) is 27.7. The fraction of sp³-hybridized carbons (Fsp3) is 0.462. The molecule has 0 aliphatic carbocycles. The van der Waals surface area contributed by atoms with Crippen LogP contribution in [0.25, 0.3) is 0 Å². The first-order chi connectivity index (χ1) is 16.4. The number of nitrogens with zero attached hydrogens (tertiary/aromatic N) is 1. The highest BCUT2D eigenvalue weighted by molar-refractivity contribution is 7.13. The number of carbonyl (C=O) groups excluding carboxylic acids is 1. The molecule has 1 saturated heterocycles. The van der Waals surface area contributed by atoms with E-state index in [0.717, 1.165) is 44.1 Å². The van der Waals surface area contributed by atoms with Gasteiger partial charge in [-0.15, -0.1) is 11.3 Å². The Morgan fingerprint density at radius 2 is 1.82 bits per heavy atom. The Morgan fingerprint density at radius 1 is 1.09 bits per heavy atom. The summed E-state index contributed by atoms with van der Waals surface area (Å²) in [5, 5.41) is 16.0. The summed E-state index contributed by atoms with van der Waals surface area (Å²) in [5.41, 5.74) is 1.33. The summed E-state index contributed by atoms with van der Waals surface area (Å²) in [7, 11) is 1.00. The van der Waals surface area contributed by atoms with Crippen molar-refractivity contribution in [1.82, 2.24) is 4.90 Å². The van der Waals surface area contributed by atoms with Gasteiger partial charge in [0.25, 0.3) is 5.91 Å². The van der Waals surface area contributed by atoms with Crippen molar-refractivity contribution in [3.63, 3.8) is 0 Å². The fourth-order valence-corrected chi connectivity index (χ4v) is 4.87. The van der Waals surface area contributed by atoms with E-state index in [4.69, 9.17) is 10.2 Å². The molecular weight excluding hydrogens is 460 g/mol. The number of thiophene rings is 1. The minimum atomic E-state index is -3.32. The number of aliphatic hydroxyl groups excluding tert-OH is 1. The molecule has 3 rings (SSSR count). The maximum Gasteiger partial charge on any atom is 0.345 e. The number of amides is 1. The van der Waals surface area contributed by atoms with E-state index in [9.17, 15) is 18.4 Å². The van der Waals surface area contributed by atoms with Crippen LogP contribution in [0.1, 0.15) is 58.6 Å². The average Bonchev–Trinajstić information content (AvgIpc) is 3.39. The molecule has 0 bridgehead atoms. The van der Waals surface area contributed by atoms with Crippen molar-refractivity contribution in [2.75, 3.05) is 13.7 Å². The van der Waals surface area contributed by atoms with Crippen LogP contribution in [0.5, 0.6) is 0 Å². The maximum atomic E-state index is 14.0. The summed E-state index contributed by atoms with van der Waals surface area (Å²) in [5.74, 6) is -5.39. The van der Waals surface area contributed by atoms with E-state index < -0.39 is 30.3 Å². The highest BCUT2D eigenvalue weighted by atomic mass is 32.1. The van der Waals surface area contributed by atoms with Gasteiger partial charge in [0, 0.05) is 25.0 Å². The summed E-state index contributed by atoms with van der Waals surface area (Å²) in [6, 6.07) is 13.0. The van der Waals surface area contributed by atoms with Crippen molar-refractivity contribution >= 4 is 23.2 Å². The van der Waals surface area contributed by atoms with Gasteiger partial charge >= 0.3 is 11.9 Å². The SMILES string of the molecule is CO.O=C(O)c1ccc(CCCN2C(=O)C(F)(F)CC2/C=C/CCCCCc2ccccc2)s1. The zero-order chi connectivity index (χ0) is 25.0. The third-order valence-corrected chi connectivity index (χ3v) is 6.80. The number of alkyl halides is 2. The van der Waals surface area contributed by atoms with E-state index >= 15 is 0 Å². The smallest absolute Gasteiger partial charge is 0.345 e. The summed E-state index contributed by atoms with van der Waals surface area (Å²) >= 11 is 1.18. The number of aryl methyl sites for hydroxylation is 2. The Labute approximate surface area is 203 Å². The number of carboxylic acids is 1. The number of unbranched alkanes of at least 4 members (excludes halogenated alkanes) is 3. The Balaban J connectivity index is 0.00000199. The van der Waals surface area contributed by atoms with Crippen LogP contribution in [0, 0.1) is 0 Å². The number of carboxylic acid groups (broad SMARTS) is 1. The van der Waals surface area contributed by atoms with Gasteiger partial charge in [0.2, 0.25) is 0 Å². The number of aliphatic hydroxyl groups is 1. The second kappa shape index (κ2) is 14.0. The molecule has 1 aliphatic heterocycles. The highest BCUT2D eigenvalue weighted by Gasteiger charge is 2.52. The molecular formula is C26H33F2NO4S. The van der Waals surface area contributed by atoms with Gasteiger partial charge in [-0.25, -0.2) is 4.79 Å². The number of hydrogen-bond donors (Lipinski definition) is 2. The van der Waals surface area contributed by atoms with E-state index in [0.29, 0.717) is 12.8 Å². The second-order valence-electron chi connectivity index (χ2n) is 8.16. The predicted octanol–water partition coefficient (Wildman–Crippen LogP) is 5.58. The number of hydrogen-bond acceptors (Lipinski definition) is 4. The Morgan fingerprint density at radius 3 is 2.50 bits per heavy atom. The summed E-state index contributed by atoms with van der Waals surface area (Å²) in [4.78, 5) is 25.5. The van der Waals surface area contributed by atoms with Crippen molar-refractivity contribution in [2.45, 2.75) is 63.3 Å². The lowest BCUT2D eigenvalue weighted by Crippen LogP contribution is -2.36. The molecule has 1 unspecified atom stereocenters. The molecule has 1 aromatic carbocycles. The Bertz CT molecular complexity index is 930. The van der Waals surface area contributed by atoms with Crippen LogP contribution in [0.2, 0.25) is 0 Å². The van der Waals surface area contributed by atoms with Crippen LogP contribution in [-0.4, -0.2) is 52.6 Å². The van der Waals surface area contributed by atoms with Crippen LogP contribution in [0.3, 0.4) is 0 Å². The van der Waals surface area contributed by atoms with Gasteiger partial charge < -0.3 is 15.1 Å². The quantitative estimate of drug-likeness (QED) is 0.299. The third-order valence-electron chi connectivity index (χ3n) is 5.67. The molecule has 1 atom stereocenters. The van der Waals surface area contributed by atoms with Crippen LogP contribution < -0.4 is 0 Å². The highest BCUT2D eigenvalue weighted by Crippen LogP contribution is 2.34. The Kier molecular flexibility index (Phi) is 11.4. The molecule has 0 saturated carbocycles. The monoisotopic (exact) mass is 493 g/mol. The predicted molar refractivity (Wildman–Crippen MR) is 131 cm³/mol. The minimum absolute atomic E-state index is 0.237. The van der Waals surface area contributed by atoms with Crippen molar-refractivity contribution in [3.8, 4) is 0 Å². The lowest BCUT2D eigenvalue weighted by Gasteiger charge is -2.21. The van der Waals surface area contributed by atoms with Gasteiger partial charge in [0.05, 0.1) is 6.04 Å². The lowest BCUT2D eigenvalue weighted by molar-refractivity contribution is -0.148. The standard InChI is InChI=1S/C25H29F2NO3S.CH4O/c26-25(27)18-20(13-8-3-1-2-5-10-19-11-6-4-7-12-19)28(24(25)31)17-9-14-21-15-16-22(32-21)23(29)30;1-2/h4,6-8,11-13,15-16,20H,1-3,5,9-10,14,17-18H2,(H,29,30);2H,1H3/b13-8+;. The number of halogens is 2. The average molecular weight is 494 g/mol. The zero-order valence-corrected chi connectivity index (χ0v) is 20.3. The topological polar surface area (TPSA) is 77.8 Å². The third kappa shape index (κ3) is 8.33. The molecule has 0 spiro atoms. The van der Waals surface area contributed by atoms with Gasteiger partial charge in [-0.3, -0.25) is 4.79 Å². The fourth-order valence-electron chi connectivity index (χ4n) is 3.98. The molecule has 186 valence electrons. The van der Waals surface area contributed by atoms with Gasteiger partial charge in [-0.05, 0) is 56.2 Å². The van der Waals surface area contributed by atoms with Crippen molar-refractivity contribution in [1.29, 1.82) is 0 Å². The molecule has 0 radical (unpaired) electrons. The summed E-state index contributed by atoms with van der Waals surface area (Å²) < 4.78 is 28.1. The lowest BCUT2D eigenvalue weighted by atomic mass is 10.1. The molecule has 1 fully saturated rings. The molecule has 2 heterocycles. The van der Waals surface area contributed by atoms with E-state index in [1.165, 1.54) is 21.8 Å². The molecule has 1 aromatic heterocycles. The number of carbonyl (C=O) groups is 2. The van der Waals surface area contributed by atoms with Gasteiger partial charge in [0.15, 0.2) is 0 Å². The number of aromatic carboxylic acids is 1. The molecule has 34 heavy (non-hydrogen) atoms. The largest absolute Gasteiger partial charge is 0.477 e.